The second-order valence-electron chi connectivity index (χ2n) is 9.26. The summed E-state index contributed by atoms with van der Waals surface area (Å²) in [6, 6.07) is 17.5. The smallest absolute Gasteiger partial charge is 0.251 e. The van der Waals surface area contributed by atoms with Crippen LogP contribution >= 0.6 is 11.6 Å². The highest BCUT2D eigenvalue weighted by Gasteiger charge is 2.30. The summed E-state index contributed by atoms with van der Waals surface area (Å²) < 4.78 is 13.9. The van der Waals surface area contributed by atoms with Crippen molar-refractivity contribution in [2.75, 3.05) is 26.7 Å². The molecule has 0 radical (unpaired) electrons. The molecule has 4 rings (SSSR count). The van der Waals surface area contributed by atoms with Crippen LogP contribution in [0.25, 0.3) is 10.8 Å². The molecule has 0 saturated carbocycles. The van der Waals surface area contributed by atoms with Crippen LogP contribution in [0.4, 0.5) is 4.39 Å². The summed E-state index contributed by atoms with van der Waals surface area (Å²) in [4.78, 5) is 28.0. The number of carbonyl (C=O) groups excluding carboxylic acids is 2. The number of halogens is 2. The van der Waals surface area contributed by atoms with Gasteiger partial charge in [0.2, 0.25) is 5.91 Å². The van der Waals surface area contributed by atoms with Crippen LogP contribution in [0.1, 0.15) is 35.2 Å². The van der Waals surface area contributed by atoms with Gasteiger partial charge in [0.15, 0.2) is 0 Å². The number of rotatable bonds is 9. The van der Waals surface area contributed by atoms with Gasteiger partial charge in [0.1, 0.15) is 5.82 Å². The van der Waals surface area contributed by atoms with Crippen molar-refractivity contribution in [3.8, 4) is 0 Å². The number of hydrogen-bond acceptors (Lipinski definition) is 4. The van der Waals surface area contributed by atoms with Crippen molar-refractivity contribution in [3.63, 3.8) is 0 Å². The first kappa shape index (κ1) is 26.1. The summed E-state index contributed by atoms with van der Waals surface area (Å²) in [6.07, 6.45) is 2.15. The second-order valence-corrected chi connectivity index (χ2v) is 9.70. The number of nitrogens with one attached hydrogen (secondary N) is 3. The van der Waals surface area contributed by atoms with E-state index in [0.29, 0.717) is 42.1 Å². The predicted molar refractivity (Wildman–Crippen MR) is 142 cm³/mol. The zero-order valence-corrected chi connectivity index (χ0v) is 21.2. The first-order valence-electron chi connectivity index (χ1n) is 12.3. The Morgan fingerprint density at radius 1 is 1.14 bits per heavy atom. The van der Waals surface area contributed by atoms with E-state index in [9.17, 15) is 14.0 Å². The minimum Gasteiger partial charge on any atom is -0.350 e. The Hall–Kier alpha value is -3.00. The zero-order chi connectivity index (χ0) is 25.5. The average Bonchev–Trinajstić information content (AvgIpc) is 3.00. The molecule has 3 N–H and O–H groups in total. The number of benzene rings is 3. The fraction of sp³-hybridized carbons (Fsp3) is 0.357. The number of fused-ring (bicyclic) bond motifs is 1. The van der Waals surface area contributed by atoms with Crippen molar-refractivity contribution in [1.29, 1.82) is 0 Å². The molecule has 3 aromatic rings. The lowest BCUT2D eigenvalue weighted by molar-refractivity contribution is -0.133. The number of carbonyl (C=O) groups is 2. The highest BCUT2D eigenvalue weighted by Crippen LogP contribution is 2.19. The molecule has 0 aliphatic carbocycles. The highest BCUT2D eigenvalue weighted by molar-refractivity contribution is 6.30. The van der Waals surface area contributed by atoms with Gasteiger partial charge in [-0.3, -0.25) is 9.59 Å². The zero-order valence-electron chi connectivity index (χ0n) is 20.4. The first-order valence-corrected chi connectivity index (χ1v) is 12.7. The van der Waals surface area contributed by atoms with Crippen molar-refractivity contribution in [2.24, 2.45) is 0 Å². The lowest BCUT2D eigenvalue weighted by Gasteiger charge is -2.25. The minimum atomic E-state index is -0.419. The molecule has 2 amide bonds. The minimum absolute atomic E-state index is 0.0187. The van der Waals surface area contributed by atoms with Crippen molar-refractivity contribution >= 4 is 34.2 Å². The normalized spacial score (nSPS) is 18.3. The summed E-state index contributed by atoms with van der Waals surface area (Å²) in [6.45, 7) is 1.99. The largest absolute Gasteiger partial charge is 0.350 e. The Balaban J connectivity index is 1.43. The van der Waals surface area contributed by atoms with Crippen molar-refractivity contribution in [1.82, 2.24) is 20.9 Å². The molecule has 1 heterocycles. The third kappa shape index (κ3) is 6.81. The van der Waals surface area contributed by atoms with Gasteiger partial charge >= 0.3 is 0 Å². The lowest BCUT2D eigenvalue weighted by atomic mass is 10.1. The van der Waals surface area contributed by atoms with Gasteiger partial charge in [-0.15, -0.1) is 0 Å². The topological polar surface area (TPSA) is 73.5 Å². The van der Waals surface area contributed by atoms with E-state index in [4.69, 9.17) is 11.6 Å². The predicted octanol–water partition coefficient (Wildman–Crippen LogP) is 4.12. The van der Waals surface area contributed by atoms with Crippen LogP contribution in [0.2, 0.25) is 5.02 Å². The monoisotopic (exact) mass is 510 g/mol. The maximum absolute atomic E-state index is 13.9. The Bertz CT molecular complexity index is 1200. The molecule has 6 nitrogen and oxygen atoms in total. The fourth-order valence-electron chi connectivity index (χ4n) is 4.66. The second kappa shape index (κ2) is 12.3. The van der Waals surface area contributed by atoms with Gasteiger partial charge in [-0.1, -0.05) is 41.9 Å². The first-order chi connectivity index (χ1) is 17.4. The van der Waals surface area contributed by atoms with E-state index < -0.39 is 5.82 Å². The van der Waals surface area contributed by atoms with E-state index in [2.05, 4.69) is 16.0 Å². The van der Waals surface area contributed by atoms with Crippen molar-refractivity contribution < 1.29 is 14.0 Å². The molecule has 2 unspecified atom stereocenters. The van der Waals surface area contributed by atoms with Crippen molar-refractivity contribution in [2.45, 2.75) is 37.9 Å². The van der Waals surface area contributed by atoms with Crippen molar-refractivity contribution in [3.05, 3.63) is 82.6 Å². The molecule has 2 atom stereocenters. The molecule has 1 aliphatic heterocycles. The molecule has 0 aromatic heterocycles. The summed E-state index contributed by atoms with van der Waals surface area (Å²) in [5.74, 6) is -0.580. The molecular formula is C28H32ClFN4O2. The van der Waals surface area contributed by atoms with E-state index in [-0.39, 0.29) is 30.4 Å². The quantitative estimate of drug-likeness (QED) is 0.379. The van der Waals surface area contributed by atoms with Crippen LogP contribution in [0.5, 0.6) is 0 Å². The molecule has 1 fully saturated rings. The average molecular weight is 511 g/mol. The highest BCUT2D eigenvalue weighted by atomic mass is 35.5. The molecule has 1 saturated heterocycles. The summed E-state index contributed by atoms with van der Waals surface area (Å²) >= 11 is 6.02. The van der Waals surface area contributed by atoms with Gasteiger partial charge in [0, 0.05) is 36.3 Å². The maximum Gasteiger partial charge on any atom is 0.251 e. The molecule has 0 bridgehead atoms. The van der Waals surface area contributed by atoms with E-state index >= 15 is 0 Å². The van der Waals surface area contributed by atoms with E-state index in [0.717, 1.165) is 23.7 Å². The lowest BCUT2D eigenvalue weighted by Crippen LogP contribution is -2.48. The molecule has 8 heteroatoms. The molecule has 36 heavy (non-hydrogen) atoms. The van der Waals surface area contributed by atoms with E-state index in [1.165, 1.54) is 12.1 Å². The molecule has 0 spiro atoms. The van der Waals surface area contributed by atoms with Crippen LogP contribution in [0.3, 0.4) is 0 Å². The van der Waals surface area contributed by atoms with Gasteiger partial charge in [-0.2, -0.15) is 0 Å². The van der Waals surface area contributed by atoms with E-state index in [1.54, 1.807) is 11.0 Å². The SMILES string of the molecule is CNCCCC1NC(CNC(=O)c2ccc3ccccc3c2)CCN(Cc2cc(F)cc(Cl)c2)C1=O. The summed E-state index contributed by atoms with van der Waals surface area (Å²) in [7, 11) is 1.88. The van der Waals surface area contributed by atoms with Crippen LogP contribution < -0.4 is 16.0 Å². The number of hydrogen-bond donors (Lipinski definition) is 3. The molecule has 1 aliphatic rings. The van der Waals surface area contributed by atoms with E-state index in [1.807, 2.05) is 49.5 Å². The van der Waals surface area contributed by atoms with Crippen LogP contribution in [-0.4, -0.2) is 55.5 Å². The Labute approximate surface area is 216 Å². The van der Waals surface area contributed by atoms with Crippen LogP contribution in [0, 0.1) is 5.82 Å². The van der Waals surface area contributed by atoms with Gasteiger partial charge < -0.3 is 20.9 Å². The fourth-order valence-corrected chi connectivity index (χ4v) is 4.90. The maximum atomic E-state index is 13.9. The standard InChI is InChI=1S/C28H32ClFN4O2/c1-31-11-4-7-26-28(36)34(18-19-13-23(29)16-24(30)14-19)12-10-25(33-26)17-32-27(35)22-9-8-20-5-2-3-6-21(20)15-22/h2-3,5-6,8-9,13-16,25-26,31,33H,4,7,10-12,17-18H2,1H3,(H,32,35). The van der Waals surface area contributed by atoms with Crippen LogP contribution in [0.15, 0.2) is 60.7 Å². The Morgan fingerprint density at radius 2 is 1.94 bits per heavy atom. The Morgan fingerprint density at radius 3 is 2.72 bits per heavy atom. The molecular weight excluding hydrogens is 479 g/mol. The molecule has 190 valence electrons. The third-order valence-electron chi connectivity index (χ3n) is 6.53. The third-order valence-corrected chi connectivity index (χ3v) is 6.75. The van der Waals surface area contributed by atoms with Gasteiger partial charge in [0.05, 0.1) is 6.04 Å². The molecule has 3 aromatic carbocycles. The summed E-state index contributed by atoms with van der Waals surface area (Å²) in [5, 5.41) is 12.0. The summed E-state index contributed by atoms with van der Waals surface area (Å²) in [5.41, 5.74) is 1.26. The number of nitrogens with zero attached hydrogens (tertiary/aromatic N) is 1. The number of amides is 2. The van der Waals surface area contributed by atoms with Gasteiger partial charge in [0.25, 0.3) is 5.91 Å². The van der Waals surface area contributed by atoms with Gasteiger partial charge in [-0.05, 0) is 79.5 Å². The Kier molecular flexibility index (Phi) is 8.91. The van der Waals surface area contributed by atoms with Crippen LogP contribution in [-0.2, 0) is 11.3 Å². The van der Waals surface area contributed by atoms with Gasteiger partial charge in [-0.25, -0.2) is 4.39 Å².